The number of nitrogens with zero attached hydrogens (tertiary/aromatic N) is 1. The number of hydrogen-bond acceptors (Lipinski definition) is 5. The number of esters is 1. The molecule has 1 aliphatic heterocycles. The highest BCUT2D eigenvalue weighted by atomic mass is 32.1. The second kappa shape index (κ2) is 9.66. The molecule has 1 atom stereocenters. The van der Waals surface area contributed by atoms with Gasteiger partial charge in [-0.3, -0.25) is 4.79 Å². The van der Waals surface area contributed by atoms with Gasteiger partial charge in [0.25, 0.3) is 0 Å². The van der Waals surface area contributed by atoms with Crippen molar-refractivity contribution in [3.05, 3.63) is 41.1 Å². The molecular weight excluding hydrogens is 378 g/mol. The Labute approximate surface area is 171 Å². The van der Waals surface area contributed by atoms with Crippen LogP contribution in [-0.4, -0.2) is 49.3 Å². The van der Waals surface area contributed by atoms with Crippen LogP contribution in [0.3, 0.4) is 0 Å². The van der Waals surface area contributed by atoms with Gasteiger partial charge in [0.05, 0.1) is 18.2 Å². The standard InChI is InChI=1S/C20H27N3O4S/c1-12(2)18(24)21-15-8-6-7-14(11-15)17-16(19(25)27-10-9-26-5)13(3)23(4)20(28)22-17/h6-8,11-12,17H,9-10H2,1-5H3,(H,21,24)(H,22,28). The lowest BCUT2D eigenvalue weighted by Crippen LogP contribution is -2.46. The van der Waals surface area contributed by atoms with Crippen LogP contribution < -0.4 is 10.6 Å². The van der Waals surface area contributed by atoms with E-state index in [9.17, 15) is 9.59 Å². The SMILES string of the molecule is COCCOC(=O)C1=C(C)N(C)C(=S)NC1c1cccc(NC(=O)C(C)C)c1. The minimum absolute atomic E-state index is 0.0741. The van der Waals surface area contributed by atoms with Crippen LogP contribution in [-0.2, 0) is 19.1 Å². The zero-order chi connectivity index (χ0) is 20.8. The molecule has 1 aliphatic rings. The van der Waals surface area contributed by atoms with Crippen molar-refractivity contribution in [2.45, 2.75) is 26.8 Å². The first kappa shape index (κ1) is 21.8. The quantitative estimate of drug-likeness (QED) is 0.410. The minimum Gasteiger partial charge on any atom is -0.460 e. The average molecular weight is 406 g/mol. The van der Waals surface area contributed by atoms with E-state index in [4.69, 9.17) is 21.7 Å². The summed E-state index contributed by atoms with van der Waals surface area (Å²) in [4.78, 5) is 26.5. The second-order valence-corrected chi connectivity index (χ2v) is 7.23. The first-order valence-corrected chi connectivity index (χ1v) is 9.49. The summed E-state index contributed by atoms with van der Waals surface area (Å²) in [7, 11) is 3.34. The van der Waals surface area contributed by atoms with Crippen LogP contribution in [0.2, 0.25) is 0 Å². The van der Waals surface area contributed by atoms with Gasteiger partial charge in [0, 0.05) is 31.5 Å². The number of benzene rings is 1. The number of allylic oxidation sites excluding steroid dienone is 1. The lowest BCUT2D eigenvalue weighted by atomic mass is 9.94. The van der Waals surface area contributed by atoms with E-state index in [2.05, 4.69) is 10.6 Å². The predicted octanol–water partition coefficient (Wildman–Crippen LogP) is 2.61. The van der Waals surface area contributed by atoms with Gasteiger partial charge in [-0.2, -0.15) is 0 Å². The summed E-state index contributed by atoms with van der Waals surface area (Å²) >= 11 is 5.40. The smallest absolute Gasteiger partial charge is 0.338 e. The van der Waals surface area contributed by atoms with Gasteiger partial charge in [-0.25, -0.2) is 4.79 Å². The Morgan fingerprint density at radius 3 is 2.68 bits per heavy atom. The van der Waals surface area contributed by atoms with Crippen LogP contribution in [0.4, 0.5) is 5.69 Å². The molecule has 1 aromatic carbocycles. The highest BCUT2D eigenvalue weighted by Gasteiger charge is 2.33. The van der Waals surface area contributed by atoms with E-state index >= 15 is 0 Å². The number of hydrogen-bond donors (Lipinski definition) is 2. The van der Waals surface area contributed by atoms with Crippen molar-refractivity contribution in [1.82, 2.24) is 10.2 Å². The third-order valence-electron chi connectivity index (χ3n) is 4.51. The molecule has 0 aliphatic carbocycles. The normalized spacial score (nSPS) is 16.9. The number of nitrogens with one attached hydrogen (secondary N) is 2. The fourth-order valence-corrected chi connectivity index (χ4v) is 2.98. The number of carbonyl (C=O) groups excluding carboxylic acids is 2. The minimum atomic E-state index is -0.477. The highest BCUT2D eigenvalue weighted by molar-refractivity contribution is 7.80. The van der Waals surface area contributed by atoms with Gasteiger partial charge < -0.3 is 25.0 Å². The van der Waals surface area contributed by atoms with Crippen molar-refractivity contribution >= 4 is 34.9 Å². The lowest BCUT2D eigenvalue weighted by molar-refractivity contribution is -0.140. The largest absolute Gasteiger partial charge is 0.460 e. The van der Waals surface area contributed by atoms with E-state index in [0.717, 1.165) is 5.56 Å². The van der Waals surface area contributed by atoms with Gasteiger partial charge in [-0.05, 0) is 36.8 Å². The number of anilines is 1. The molecule has 1 unspecified atom stereocenters. The number of carbonyl (C=O) groups is 2. The first-order chi connectivity index (χ1) is 13.3. The average Bonchev–Trinajstić information content (AvgIpc) is 2.66. The van der Waals surface area contributed by atoms with Crippen molar-refractivity contribution in [2.75, 3.05) is 32.7 Å². The third-order valence-corrected chi connectivity index (χ3v) is 4.90. The molecule has 1 amide bonds. The lowest BCUT2D eigenvalue weighted by Gasteiger charge is -2.35. The zero-order valence-electron chi connectivity index (χ0n) is 16.9. The maximum absolute atomic E-state index is 12.8. The number of rotatable bonds is 7. The van der Waals surface area contributed by atoms with Crippen LogP contribution >= 0.6 is 12.2 Å². The maximum atomic E-state index is 12.8. The first-order valence-electron chi connectivity index (χ1n) is 9.08. The summed E-state index contributed by atoms with van der Waals surface area (Å²) in [5, 5.41) is 6.58. The van der Waals surface area contributed by atoms with Gasteiger partial charge in [-0.15, -0.1) is 0 Å². The molecule has 2 N–H and O–H groups in total. The van der Waals surface area contributed by atoms with Gasteiger partial charge in [0.2, 0.25) is 5.91 Å². The summed E-state index contributed by atoms with van der Waals surface area (Å²) in [6.45, 7) is 5.97. The highest BCUT2D eigenvalue weighted by Crippen LogP contribution is 2.32. The Balaban J connectivity index is 2.36. The molecule has 0 saturated heterocycles. The summed E-state index contributed by atoms with van der Waals surface area (Å²) in [5.41, 5.74) is 2.65. The summed E-state index contributed by atoms with van der Waals surface area (Å²) in [5.74, 6) is -0.640. The van der Waals surface area contributed by atoms with E-state index in [1.54, 1.807) is 19.1 Å². The van der Waals surface area contributed by atoms with E-state index < -0.39 is 12.0 Å². The molecule has 28 heavy (non-hydrogen) atoms. The van der Waals surface area contributed by atoms with Crippen LogP contribution in [0.5, 0.6) is 0 Å². The van der Waals surface area contributed by atoms with E-state index in [0.29, 0.717) is 28.7 Å². The molecule has 0 spiro atoms. The van der Waals surface area contributed by atoms with Crippen LogP contribution in [0.15, 0.2) is 35.5 Å². The molecule has 152 valence electrons. The van der Waals surface area contributed by atoms with Gasteiger partial charge in [0.15, 0.2) is 5.11 Å². The molecule has 8 heteroatoms. The van der Waals surface area contributed by atoms with E-state index in [1.165, 1.54) is 0 Å². The van der Waals surface area contributed by atoms with Crippen LogP contribution in [0.1, 0.15) is 32.4 Å². The Morgan fingerprint density at radius 2 is 2.04 bits per heavy atom. The number of methoxy groups -OCH3 is 1. The molecule has 7 nitrogen and oxygen atoms in total. The molecule has 1 aromatic rings. The van der Waals surface area contributed by atoms with Gasteiger partial charge in [-0.1, -0.05) is 26.0 Å². The van der Waals surface area contributed by atoms with E-state index in [-0.39, 0.29) is 18.4 Å². The van der Waals surface area contributed by atoms with Crippen LogP contribution in [0, 0.1) is 5.92 Å². The molecule has 2 rings (SSSR count). The Hall–Kier alpha value is -2.45. The van der Waals surface area contributed by atoms with Gasteiger partial charge >= 0.3 is 5.97 Å². The molecule has 0 saturated carbocycles. The Bertz CT molecular complexity index is 791. The Morgan fingerprint density at radius 1 is 1.32 bits per heavy atom. The molecule has 0 aromatic heterocycles. The summed E-state index contributed by atoms with van der Waals surface area (Å²) in [6, 6.07) is 6.88. The molecule has 0 bridgehead atoms. The van der Waals surface area contributed by atoms with Crippen molar-refractivity contribution in [3.63, 3.8) is 0 Å². The van der Waals surface area contributed by atoms with Crippen molar-refractivity contribution in [3.8, 4) is 0 Å². The zero-order valence-corrected chi connectivity index (χ0v) is 17.7. The summed E-state index contributed by atoms with van der Waals surface area (Å²) in [6.07, 6.45) is 0. The topological polar surface area (TPSA) is 79.9 Å². The fraction of sp³-hybridized carbons (Fsp3) is 0.450. The van der Waals surface area contributed by atoms with Crippen molar-refractivity contribution in [2.24, 2.45) is 5.92 Å². The fourth-order valence-electron chi connectivity index (χ4n) is 2.73. The molecule has 0 radical (unpaired) electrons. The monoisotopic (exact) mass is 405 g/mol. The van der Waals surface area contributed by atoms with E-state index in [1.807, 2.05) is 45.0 Å². The molecular formula is C20H27N3O4S. The van der Waals surface area contributed by atoms with Crippen molar-refractivity contribution in [1.29, 1.82) is 0 Å². The maximum Gasteiger partial charge on any atom is 0.338 e. The molecule has 0 fully saturated rings. The third kappa shape index (κ3) is 5.08. The van der Waals surface area contributed by atoms with Crippen molar-refractivity contribution < 1.29 is 19.1 Å². The Kier molecular flexibility index (Phi) is 7.53. The number of thiocarbonyl (C=S) groups is 1. The van der Waals surface area contributed by atoms with Gasteiger partial charge in [0.1, 0.15) is 6.61 Å². The summed E-state index contributed by atoms with van der Waals surface area (Å²) < 4.78 is 10.3. The number of ether oxygens (including phenoxy) is 2. The molecule has 1 heterocycles. The predicted molar refractivity (Wildman–Crippen MR) is 112 cm³/mol. The van der Waals surface area contributed by atoms with Crippen LogP contribution in [0.25, 0.3) is 0 Å². The second-order valence-electron chi connectivity index (χ2n) is 6.84. The number of amides is 1.